The van der Waals surface area contributed by atoms with E-state index in [1.807, 2.05) is 19.9 Å². The van der Waals surface area contributed by atoms with Crippen molar-refractivity contribution < 1.29 is 4.79 Å². The van der Waals surface area contributed by atoms with Crippen molar-refractivity contribution in [2.24, 2.45) is 11.7 Å². The van der Waals surface area contributed by atoms with Crippen LogP contribution in [0.1, 0.15) is 31.4 Å². The van der Waals surface area contributed by atoms with Crippen molar-refractivity contribution in [2.75, 3.05) is 6.54 Å². The number of nitrogens with zero attached hydrogens (tertiary/aromatic N) is 1. The number of halogens is 2. The molecule has 2 unspecified atom stereocenters. The van der Waals surface area contributed by atoms with E-state index in [0.717, 1.165) is 24.0 Å². The van der Waals surface area contributed by atoms with Gasteiger partial charge in [-0.2, -0.15) is 0 Å². The number of carbonyl (C=O) groups excluding carboxylic acids is 1. The van der Waals surface area contributed by atoms with Crippen LogP contribution in [-0.2, 0) is 17.8 Å². The fourth-order valence-corrected chi connectivity index (χ4v) is 3.07. The number of hydrogen-bond donors (Lipinski definition) is 1. The Balaban J connectivity index is 2.17. The van der Waals surface area contributed by atoms with Gasteiger partial charge >= 0.3 is 0 Å². The van der Waals surface area contributed by atoms with E-state index < -0.39 is 6.04 Å². The van der Waals surface area contributed by atoms with E-state index in [2.05, 4.69) is 0 Å². The van der Waals surface area contributed by atoms with Crippen LogP contribution in [-0.4, -0.2) is 23.4 Å². The molecule has 0 aliphatic carbocycles. The van der Waals surface area contributed by atoms with Gasteiger partial charge in [-0.05, 0) is 35.6 Å². The molecule has 3 nitrogen and oxygen atoms in total. The topological polar surface area (TPSA) is 46.3 Å². The molecule has 0 radical (unpaired) electrons. The van der Waals surface area contributed by atoms with Gasteiger partial charge in [-0.25, -0.2) is 0 Å². The van der Waals surface area contributed by atoms with E-state index in [1.54, 1.807) is 11.0 Å². The Bertz CT molecular complexity index is 519. The molecule has 0 saturated heterocycles. The monoisotopic (exact) mass is 314 g/mol. The van der Waals surface area contributed by atoms with Gasteiger partial charge in [0.05, 0.1) is 6.04 Å². The van der Waals surface area contributed by atoms with Gasteiger partial charge in [-0.1, -0.05) is 43.5 Å². The Kier molecular flexibility index (Phi) is 4.95. The van der Waals surface area contributed by atoms with Crippen LogP contribution < -0.4 is 5.73 Å². The van der Waals surface area contributed by atoms with E-state index in [0.29, 0.717) is 23.1 Å². The van der Waals surface area contributed by atoms with Crippen LogP contribution in [0.3, 0.4) is 0 Å². The third-order valence-corrected chi connectivity index (χ3v) is 4.66. The van der Waals surface area contributed by atoms with E-state index in [-0.39, 0.29) is 11.8 Å². The second kappa shape index (κ2) is 6.33. The molecular weight excluding hydrogens is 295 g/mol. The molecule has 1 heterocycles. The largest absolute Gasteiger partial charge is 0.337 e. The number of benzene rings is 1. The molecule has 20 heavy (non-hydrogen) atoms. The van der Waals surface area contributed by atoms with Crippen LogP contribution in [0.25, 0.3) is 0 Å². The molecule has 5 heteroatoms. The maximum absolute atomic E-state index is 12.4. The first-order chi connectivity index (χ1) is 9.43. The van der Waals surface area contributed by atoms with Crippen LogP contribution in [0.15, 0.2) is 12.1 Å². The summed E-state index contributed by atoms with van der Waals surface area (Å²) in [6.07, 6.45) is 1.67. The molecule has 1 amide bonds. The molecule has 0 spiro atoms. The number of rotatable bonds is 3. The second-order valence-corrected chi connectivity index (χ2v) is 6.29. The van der Waals surface area contributed by atoms with Gasteiger partial charge < -0.3 is 10.6 Å². The average Bonchev–Trinajstić information content (AvgIpc) is 2.44. The normalized spacial score (nSPS) is 17.6. The zero-order valence-corrected chi connectivity index (χ0v) is 13.3. The lowest BCUT2D eigenvalue weighted by atomic mass is 9.95. The highest BCUT2D eigenvalue weighted by atomic mass is 35.5. The highest BCUT2D eigenvalue weighted by Crippen LogP contribution is 2.30. The standard InChI is InChI=1S/C15H20Cl2N2O/c1-3-9(2)14(18)15(20)19-5-4-10-6-11(16)7-13(17)12(10)8-19/h6-7,9,14H,3-5,8,18H2,1-2H3. The smallest absolute Gasteiger partial charge is 0.240 e. The SMILES string of the molecule is CCC(C)C(N)C(=O)N1CCc2cc(Cl)cc(Cl)c2C1. The minimum Gasteiger partial charge on any atom is -0.337 e. The van der Waals surface area contributed by atoms with Gasteiger partial charge in [0.15, 0.2) is 0 Å². The Hall–Kier alpha value is -0.770. The summed E-state index contributed by atoms with van der Waals surface area (Å²) in [5, 5.41) is 1.27. The minimum atomic E-state index is -0.437. The minimum absolute atomic E-state index is 0.0102. The maximum atomic E-state index is 12.4. The molecule has 1 aliphatic heterocycles. The van der Waals surface area contributed by atoms with Crippen molar-refractivity contribution in [3.05, 3.63) is 33.3 Å². The van der Waals surface area contributed by atoms with Gasteiger partial charge in [-0.3, -0.25) is 4.79 Å². The van der Waals surface area contributed by atoms with E-state index >= 15 is 0 Å². The molecule has 0 fully saturated rings. The summed E-state index contributed by atoms with van der Waals surface area (Å²) in [6, 6.07) is 3.22. The molecule has 2 rings (SSSR count). The Morgan fingerprint density at radius 2 is 2.15 bits per heavy atom. The highest BCUT2D eigenvalue weighted by molar-refractivity contribution is 6.35. The number of hydrogen-bond acceptors (Lipinski definition) is 2. The highest BCUT2D eigenvalue weighted by Gasteiger charge is 2.28. The summed E-state index contributed by atoms with van der Waals surface area (Å²) in [4.78, 5) is 14.2. The summed E-state index contributed by atoms with van der Waals surface area (Å²) < 4.78 is 0. The van der Waals surface area contributed by atoms with Crippen LogP contribution in [0.4, 0.5) is 0 Å². The third-order valence-electron chi connectivity index (χ3n) is 4.11. The average molecular weight is 315 g/mol. The lowest BCUT2D eigenvalue weighted by molar-refractivity contribution is -0.134. The molecule has 110 valence electrons. The number of nitrogens with two attached hydrogens (primary N) is 1. The summed E-state index contributed by atoms with van der Waals surface area (Å²) >= 11 is 12.2. The van der Waals surface area contributed by atoms with E-state index in [4.69, 9.17) is 28.9 Å². The van der Waals surface area contributed by atoms with Gasteiger partial charge in [0.25, 0.3) is 0 Å². The molecule has 0 saturated carbocycles. The number of fused-ring (bicyclic) bond motifs is 1. The maximum Gasteiger partial charge on any atom is 0.240 e. The zero-order chi connectivity index (χ0) is 14.9. The first-order valence-electron chi connectivity index (χ1n) is 6.95. The fourth-order valence-electron chi connectivity index (χ4n) is 2.48. The molecule has 1 aromatic carbocycles. The molecule has 1 aromatic rings. The summed E-state index contributed by atoms with van der Waals surface area (Å²) in [5.41, 5.74) is 8.16. The van der Waals surface area contributed by atoms with Gasteiger partial charge in [0.1, 0.15) is 0 Å². The quantitative estimate of drug-likeness (QED) is 0.930. The van der Waals surface area contributed by atoms with Gasteiger partial charge in [0, 0.05) is 23.1 Å². The first kappa shape index (κ1) is 15.6. The van der Waals surface area contributed by atoms with Gasteiger partial charge in [-0.15, -0.1) is 0 Å². The lowest BCUT2D eigenvalue weighted by Crippen LogP contribution is -2.48. The molecule has 0 bridgehead atoms. The van der Waals surface area contributed by atoms with Crippen LogP contribution in [0, 0.1) is 5.92 Å². The summed E-state index contributed by atoms with van der Waals surface area (Å²) in [6.45, 7) is 5.25. The molecule has 1 aliphatic rings. The van der Waals surface area contributed by atoms with Crippen molar-refractivity contribution in [1.82, 2.24) is 4.90 Å². The predicted octanol–water partition coefficient (Wildman–Crippen LogP) is 3.25. The Morgan fingerprint density at radius 1 is 1.45 bits per heavy atom. The summed E-state index contributed by atoms with van der Waals surface area (Å²) in [7, 11) is 0. The molecule has 2 N–H and O–H groups in total. The second-order valence-electron chi connectivity index (χ2n) is 5.45. The summed E-state index contributed by atoms with van der Waals surface area (Å²) in [5.74, 6) is 0.195. The van der Waals surface area contributed by atoms with Crippen LogP contribution in [0.2, 0.25) is 10.0 Å². The van der Waals surface area contributed by atoms with E-state index in [9.17, 15) is 4.79 Å². The predicted molar refractivity (Wildman–Crippen MR) is 83.0 cm³/mol. The third kappa shape index (κ3) is 3.11. The van der Waals surface area contributed by atoms with Crippen molar-refractivity contribution in [1.29, 1.82) is 0 Å². The van der Waals surface area contributed by atoms with Crippen LogP contribution in [0.5, 0.6) is 0 Å². The Morgan fingerprint density at radius 3 is 2.80 bits per heavy atom. The van der Waals surface area contributed by atoms with Crippen molar-refractivity contribution >= 4 is 29.1 Å². The fraction of sp³-hybridized carbons (Fsp3) is 0.533. The van der Waals surface area contributed by atoms with E-state index in [1.165, 1.54) is 0 Å². The van der Waals surface area contributed by atoms with Crippen molar-refractivity contribution in [3.8, 4) is 0 Å². The molecular formula is C15H20Cl2N2O. The molecule has 0 aromatic heterocycles. The molecule has 2 atom stereocenters. The Labute approximate surface area is 130 Å². The van der Waals surface area contributed by atoms with Crippen LogP contribution >= 0.6 is 23.2 Å². The zero-order valence-electron chi connectivity index (χ0n) is 11.8. The van der Waals surface area contributed by atoms with Gasteiger partial charge in [0.2, 0.25) is 5.91 Å². The first-order valence-corrected chi connectivity index (χ1v) is 7.70. The van der Waals surface area contributed by atoms with Crippen molar-refractivity contribution in [3.63, 3.8) is 0 Å². The van der Waals surface area contributed by atoms with Crippen molar-refractivity contribution in [2.45, 2.75) is 39.3 Å². The number of carbonyl (C=O) groups is 1. The lowest BCUT2D eigenvalue weighted by Gasteiger charge is -2.32. The number of amides is 1.